The zero-order valence-corrected chi connectivity index (χ0v) is 25.4. The molecular weight excluding hydrogens is 555 g/mol. The van der Waals surface area contributed by atoms with Crippen molar-refractivity contribution in [3.05, 3.63) is 34.6 Å². The highest BCUT2D eigenvalue weighted by Gasteiger charge is 2.42. The Hall–Kier alpha value is -3.05. The molecule has 4 aliphatic heterocycles. The lowest BCUT2D eigenvalue weighted by atomic mass is 9.83. The normalized spacial score (nSPS) is 27.6. The summed E-state index contributed by atoms with van der Waals surface area (Å²) in [7, 11) is 0. The van der Waals surface area contributed by atoms with Crippen LogP contribution in [0.15, 0.2) is 12.1 Å². The van der Waals surface area contributed by atoms with E-state index in [0.29, 0.717) is 35.8 Å². The van der Waals surface area contributed by atoms with Crippen molar-refractivity contribution < 1.29 is 33.0 Å². The van der Waals surface area contributed by atoms with Gasteiger partial charge in [-0.3, -0.25) is 19.7 Å². The number of piperidine rings is 3. The maximum absolute atomic E-state index is 15.8. The number of nitrogens with one attached hydrogen (secondary N) is 1. The first kappa shape index (κ1) is 30.0. The summed E-state index contributed by atoms with van der Waals surface area (Å²) < 4.78 is 27.6. The average Bonchev–Trinajstić information content (AvgIpc) is 3.27. The topological polar surface area (TPSA) is 108 Å². The fourth-order valence-corrected chi connectivity index (χ4v) is 7.23. The average molecular weight is 599 g/mol. The van der Waals surface area contributed by atoms with E-state index in [1.165, 1.54) is 4.90 Å². The summed E-state index contributed by atoms with van der Waals surface area (Å²) in [6.07, 6.45) is 5.98. The smallest absolute Gasteiger partial charge is 0.410 e. The van der Waals surface area contributed by atoms with Gasteiger partial charge in [0.1, 0.15) is 17.5 Å². The molecule has 10 nitrogen and oxygen atoms in total. The summed E-state index contributed by atoms with van der Waals surface area (Å²) in [5, 5.41) is 2.29. The molecule has 11 heteroatoms. The number of rotatable bonds is 5. The van der Waals surface area contributed by atoms with Crippen molar-refractivity contribution in [1.29, 1.82) is 0 Å². The van der Waals surface area contributed by atoms with Crippen LogP contribution in [0.25, 0.3) is 0 Å². The Kier molecular flexibility index (Phi) is 8.23. The van der Waals surface area contributed by atoms with Gasteiger partial charge in [0.2, 0.25) is 11.8 Å². The number of nitrogens with zero attached hydrogens (tertiary/aromatic N) is 3. The van der Waals surface area contributed by atoms with Crippen LogP contribution in [0.4, 0.5) is 9.18 Å². The number of hydrogen-bond donors (Lipinski definition) is 1. The van der Waals surface area contributed by atoms with Crippen molar-refractivity contribution in [3.63, 3.8) is 0 Å². The van der Waals surface area contributed by atoms with Crippen molar-refractivity contribution in [3.8, 4) is 0 Å². The first-order valence-corrected chi connectivity index (χ1v) is 15.8. The molecule has 4 heterocycles. The molecule has 4 amide bonds. The van der Waals surface area contributed by atoms with Crippen molar-refractivity contribution in [2.45, 2.75) is 114 Å². The molecular formula is C32H43FN4O6. The molecule has 234 valence electrons. The van der Waals surface area contributed by atoms with Gasteiger partial charge < -0.3 is 24.2 Å². The largest absolute Gasteiger partial charge is 0.444 e. The van der Waals surface area contributed by atoms with E-state index >= 15 is 4.39 Å². The quantitative estimate of drug-likeness (QED) is 0.515. The van der Waals surface area contributed by atoms with E-state index in [0.717, 1.165) is 51.6 Å². The summed E-state index contributed by atoms with van der Waals surface area (Å²) in [5.41, 5.74) is 0.852. The van der Waals surface area contributed by atoms with E-state index < -0.39 is 17.6 Å². The number of carbonyl (C=O) groups is 4. The lowest BCUT2D eigenvalue weighted by Crippen LogP contribution is -2.52. The molecule has 1 aromatic rings. The third-order valence-electron chi connectivity index (χ3n) is 9.71. The van der Waals surface area contributed by atoms with Gasteiger partial charge in [-0.1, -0.05) is 6.07 Å². The Morgan fingerprint density at radius 2 is 1.65 bits per heavy atom. The maximum Gasteiger partial charge on any atom is 0.410 e. The Bertz CT molecular complexity index is 1280. The molecule has 1 saturated carbocycles. The third-order valence-corrected chi connectivity index (χ3v) is 9.71. The Morgan fingerprint density at radius 1 is 0.953 bits per heavy atom. The predicted octanol–water partition coefficient (Wildman–Crippen LogP) is 3.71. The molecule has 1 aliphatic carbocycles. The molecule has 4 fully saturated rings. The van der Waals surface area contributed by atoms with Crippen LogP contribution in [-0.2, 0) is 25.6 Å². The Morgan fingerprint density at radius 3 is 2.30 bits per heavy atom. The van der Waals surface area contributed by atoms with Crippen molar-refractivity contribution in [1.82, 2.24) is 20.0 Å². The second kappa shape index (κ2) is 11.8. The number of fused-ring (bicyclic) bond motifs is 1. The van der Waals surface area contributed by atoms with E-state index in [4.69, 9.17) is 9.47 Å². The molecule has 6 rings (SSSR count). The van der Waals surface area contributed by atoms with E-state index in [9.17, 15) is 19.2 Å². The molecule has 3 saturated heterocycles. The summed E-state index contributed by atoms with van der Waals surface area (Å²) >= 11 is 0. The Balaban J connectivity index is 0.955. The van der Waals surface area contributed by atoms with Crippen LogP contribution in [0.5, 0.6) is 0 Å². The van der Waals surface area contributed by atoms with Gasteiger partial charge in [0.05, 0.1) is 18.8 Å². The van der Waals surface area contributed by atoms with E-state index in [1.54, 1.807) is 17.0 Å². The molecule has 0 spiro atoms. The van der Waals surface area contributed by atoms with E-state index in [2.05, 4.69) is 10.2 Å². The number of amides is 4. The maximum atomic E-state index is 15.8. The first-order chi connectivity index (χ1) is 20.5. The van der Waals surface area contributed by atoms with Gasteiger partial charge in [0, 0.05) is 36.7 Å². The van der Waals surface area contributed by atoms with Crippen LogP contribution in [-0.4, -0.2) is 94.6 Å². The number of benzene rings is 1. The zero-order valence-electron chi connectivity index (χ0n) is 25.4. The molecule has 1 unspecified atom stereocenters. The summed E-state index contributed by atoms with van der Waals surface area (Å²) in [6, 6.07) is 3.20. The Labute approximate surface area is 252 Å². The lowest BCUT2D eigenvalue weighted by Gasteiger charge is -2.47. The minimum Gasteiger partial charge on any atom is -0.444 e. The number of imide groups is 1. The van der Waals surface area contributed by atoms with Gasteiger partial charge in [0.25, 0.3) is 5.91 Å². The number of halogens is 1. The van der Waals surface area contributed by atoms with Crippen LogP contribution in [0, 0.1) is 5.82 Å². The van der Waals surface area contributed by atoms with Crippen LogP contribution in [0.1, 0.15) is 99.5 Å². The number of hydrogen-bond acceptors (Lipinski definition) is 7. The predicted molar refractivity (Wildman–Crippen MR) is 155 cm³/mol. The SMILES string of the molecule is CC(C)(C)OC(=O)N1CCC(OC2CC(N3CCC(c4ccc5c(c4F)CN(C4CCC(=O)NC4=O)C5=O)CC3)C2)CC1. The van der Waals surface area contributed by atoms with Crippen molar-refractivity contribution in [2.75, 3.05) is 26.2 Å². The zero-order chi connectivity index (χ0) is 30.5. The molecule has 1 N–H and O–H groups in total. The van der Waals surface area contributed by atoms with Gasteiger partial charge in [-0.2, -0.15) is 0 Å². The standard InChI is InChI=1S/C32H43FN4O6/c1-32(2,3)43-31(41)36-14-10-21(11-15-36)42-22-16-20(17-22)35-12-8-19(9-13-35)23-4-5-24-25(28(23)33)18-37(30(24)40)26-6-7-27(38)34-29(26)39/h4-5,19-22,26H,6-18H2,1-3H3,(H,34,38,39). The molecule has 43 heavy (non-hydrogen) atoms. The molecule has 0 bridgehead atoms. The highest BCUT2D eigenvalue weighted by atomic mass is 19.1. The van der Waals surface area contributed by atoms with Crippen LogP contribution in [0.2, 0.25) is 0 Å². The van der Waals surface area contributed by atoms with Gasteiger partial charge in [-0.05, 0) is 96.4 Å². The number of likely N-dealkylation sites (tertiary alicyclic amines) is 2. The van der Waals surface area contributed by atoms with Crippen molar-refractivity contribution in [2.24, 2.45) is 0 Å². The van der Waals surface area contributed by atoms with Gasteiger partial charge in [-0.25, -0.2) is 9.18 Å². The minimum absolute atomic E-state index is 0.0580. The summed E-state index contributed by atoms with van der Waals surface area (Å²) in [6.45, 7) is 8.81. The molecule has 1 atom stereocenters. The second-order valence-corrected chi connectivity index (χ2v) is 13.8. The molecule has 1 aromatic carbocycles. The number of ether oxygens (including phenoxy) is 2. The van der Waals surface area contributed by atoms with Gasteiger partial charge in [0.15, 0.2) is 0 Å². The third kappa shape index (κ3) is 6.29. The van der Waals surface area contributed by atoms with Gasteiger partial charge >= 0.3 is 6.09 Å². The van der Waals surface area contributed by atoms with Gasteiger partial charge in [-0.15, -0.1) is 0 Å². The van der Waals surface area contributed by atoms with E-state index in [-0.39, 0.29) is 61.2 Å². The fourth-order valence-electron chi connectivity index (χ4n) is 7.23. The van der Waals surface area contributed by atoms with Crippen LogP contribution in [0.3, 0.4) is 0 Å². The second-order valence-electron chi connectivity index (χ2n) is 13.8. The molecule has 0 aromatic heterocycles. The lowest BCUT2D eigenvalue weighted by molar-refractivity contribution is -0.136. The van der Waals surface area contributed by atoms with E-state index in [1.807, 2.05) is 20.8 Å². The number of carbonyl (C=O) groups excluding carboxylic acids is 4. The highest BCUT2D eigenvalue weighted by Crippen LogP contribution is 2.39. The highest BCUT2D eigenvalue weighted by molar-refractivity contribution is 6.05. The van der Waals surface area contributed by atoms with Crippen LogP contribution >= 0.6 is 0 Å². The van der Waals surface area contributed by atoms with Crippen LogP contribution < -0.4 is 5.32 Å². The summed E-state index contributed by atoms with van der Waals surface area (Å²) in [4.78, 5) is 54.9. The summed E-state index contributed by atoms with van der Waals surface area (Å²) in [5.74, 6) is -1.41. The molecule has 0 radical (unpaired) electrons. The fraction of sp³-hybridized carbons (Fsp3) is 0.688. The minimum atomic E-state index is -0.746. The van der Waals surface area contributed by atoms with Crippen molar-refractivity contribution >= 4 is 23.8 Å². The monoisotopic (exact) mass is 598 g/mol. The first-order valence-electron chi connectivity index (χ1n) is 15.8. The molecule has 5 aliphatic rings.